The second-order valence-corrected chi connectivity index (χ2v) is 17.4. The van der Waals surface area contributed by atoms with E-state index in [4.69, 9.17) is 9.98 Å². The molecule has 1 heterocycles. The summed E-state index contributed by atoms with van der Waals surface area (Å²) in [6, 6.07) is 82.7. The van der Waals surface area contributed by atoms with Gasteiger partial charge in [-0.25, -0.2) is 4.99 Å². The van der Waals surface area contributed by atoms with Crippen molar-refractivity contribution in [3.05, 3.63) is 252 Å². The summed E-state index contributed by atoms with van der Waals surface area (Å²) in [4.78, 5) is 10.9. The Kier molecular flexibility index (Phi) is 11.1. The molecule has 2 unspecified atom stereocenters. The van der Waals surface area contributed by atoms with E-state index in [-0.39, 0.29) is 12.0 Å². The van der Waals surface area contributed by atoms with Crippen LogP contribution in [-0.4, -0.2) is 11.5 Å². The number of hydrogen-bond acceptors (Lipinski definition) is 4. The number of hydrogen-bond donors (Lipinski definition) is 0. The molecular weight excluding hydrogens is 825 g/mol. The van der Waals surface area contributed by atoms with E-state index in [1.54, 1.807) is 0 Å². The molecule has 0 radical (unpaired) electrons. The normalized spacial score (nSPS) is 14.5. The molecule has 10 aromatic carbocycles. The molecule has 4 heteroatoms. The maximum Gasteiger partial charge on any atom is 0.155 e. The smallest absolute Gasteiger partial charge is 0.155 e. The maximum absolute atomic E-state index is 10.4. The molecule has 4 nitrogen and oxygen atoms in total. The van der Waals surface area contributed by atoms with Crippen LogP contribution in [-0.2, 0) is 0 Å². The molecule has 0 saturated carbocycles. The zero-order valence-corrected chi connectivity index (χ0v) is 37.5. The van der Waals surface area contributed by atoms with E-state index in [2.05, 4.69) is 201 Å². The average Bonchev–Trinajstić information content (AvgIpc) is 3.42. The largest absolute Gasteiger partial charge is 0.257 e. The lowest BCUT2D eigenvalue weighted by Gasteiger charge is -2.31. The van der Waals surface area contributed by atoms with Crippen LogP contribution in [0.4, 0.5) is 0 Å². The Morgan fingerprint density at radius 3 is 1.68 bits per heavy atom. The lowest BCUT2D eigenvalue weighted by molar-refractivity contribution is 0.533. The summed E-state index contributed by atoms with van der Waals surface area (Å²) in [6.07, 6.45) is 0.855. The molecule has 0 bridgehead atoms. The summed E-state index contributed by atoms with van der Waals surface area (Å²) in [5.74, 6) is 0.738. The van der Waals surface area contributed by atoms with Gasteiger partial charge in [0.2, 0.25) is 0 Å². The van der Waals surface area contributed by atoms with Crippen molar-refractivity contribution in [1.29, 1.82) is 10.5 Å². The first-order valence-electron chi connectivity index (χ1n) is 23.1. The van der Waals surface area contributed by atoms with Gasteiger partial charge in [0.25, 0.3) is 0 Å². The zero-order valence-electron chi connectivity index (χ0n) is 37.5. The highest BCUT2D eigenvalue weighted by Crippen LogP contribution is 2.41. The molecule has 2 atom stereocenters. The van der Waals surface area contributed by atoms with Gasteiger partial charge in [-0.1, -0.05) is 183 Å². The van der Waals surface area contributed by atoms with Crippen LogP contribution in [0.25, 0.3) is 77.2 Å². The fourth-order valence-electron chi connectivity index (χ4n) is 9.89. The van der Waals surface area contributed by atoms with E-state index in [9.17, 15) is 10.5 Å². The van der Waals surface area contributed by atoms with E-state index >= 15 is 0 Å². The van der Waals surface area contributed by atoms with Gasteiger partial charge in [0.05, 0.1) is 35.0 Å². The number of aliphatic imine (C=N–C) groups is 2. The molecule has 0 amide bonds. The highest BCUT2D eigenvalue weighted by molar-refractivity contribution is 6.15. The minimum absolute atomic E-state index is 0.0414. The Morgan fingerprint density at radius 1 is 0.412 bits per heavy atom. The van der Waals surface area contributed by atoms with Crippen LogP contribution in [0.5, 0.6) is 0 Å². The van der Waals surface area contributed by atoms with Gasteiger partial charge in [0.15, 0.2) is 5.84 Å². The molecule has 0 N–H and O–H groups in total. The zero-order chi connectivity index (χ0) is 46.0. The van der Waals surface area contributed by atoms with Gasteiger partial charge in [0, 0.05) is 17.0 Å². The number of nitrogens with zero attached hydrogens (tertiary/aromatic N) is 4. The van der Waals surface area contributed by atoms with Gasteiger partial charge >= 0.3 is 0 Å². The summed E-state index contributed by atoms with van der Waals surface area (Å²) in [5, 5.41) is 24.8. The van der Waals surface area contributed by atoms with Gasteiger partial charge < -0.3 is 0 Å². The van der Waals surface area contributed by atoms with E-state index < -0.39 is 0 Å². The van der Waals surface area contributed by atoms with Crippen molar-refractivity contribution in [3.63, 3.8) is 0 Å². The molecule has 10 aromatic rings. The Bertz CT molecular complexity index is 3700. The topological polar surface area (TPSA) is 72.3 Å². The van der Waals surface area contributed by atoms with Crippen molar-refractivity contribution in [2.75, 3.05) is 0 Å². The third-order valence-corrected chi connectivity index (χ3v) is 13.4. The maximum atomic E-state index is 10.4. The van der Waals surface area contributed by atoms with Gasteiger partial charge in [-0.2, -0.15) is 10.5 Å². The highest BCUT2D eigenvalue weighted by atomic mass is 15.0. The van der Waals surface area contributed by atoms with Crippen molar-refractivity contribution in [1.82, 2.24) is 0 Å². The van der Waals surface area contributed by atoms with Crippen LogP contribution >= 0.6 is 0 Å². The summed E-state index contributed by atoms with van der Waals surface area (Å²) in [6.45, 7) is 2.22. The average molecular weight is 869 g/mol. The molecule has 1 aliphatic rings. The molecule has 11 rings (SSSR count). The third kappa shape index (κ3) is 7.96. The van der Waals surface area contributed by atoms with Gasteiger partial charge in [-0.15, -0.1) is 0 Å². The lowest BCUT2D eigenvalue weighted by atomic mass is 9.80. The van der Waals surface area contributed by atoms with Crippen LogP contribution in [0.15, 0.2) is 234 Å². The first-order valence-corrected chi connectivity index (χ1v) is 23.1. The first kappa shape index (κ1) is 41.7. The van der Waals surface area contributed by atoms with Crippen LogP contribution in [0.2, 0.25) is 0 Å². The Hall–Kier alpha value is -8.96. The second kappa shape index (κ2) is 18.1. The fraction of sp³-hybridized carbons (Fsp3) is 0.0625. The fourth-order valence-corrected chi connectivity index (χ4v) is 9.89. The van der Waals surface area contributed by atoms with Crippen LogP contribution in [0.3, 0.4) is 0 Å². The Morgan fingerprint density at radius 2 is 0.956 bits per heavy atom. The van der Waals surface area contributed by atoms with Gasteiger partial charge in [0.1, 0.15) is 0 Å². The number of benzene rings is 10. The molecule has 0 saturated heterocycles. The predicted octanol–water partition coefficient (Wildman–Crippen LogP) is 16.1. The van der Waals surface area contributed by atoms with Crippen LogP contribution < -0.4 is 0 Å². The van der Waals surface area contributed by atoms with Crippen molar-refractivity contribution in [2.45, 2.75) is 19.4 Å². The van der Waals surface area contributed by atoms with Crippen molar-refractivity contribution >= 4 is 33.1 Å². The second-order valence-electron chi connectivity index (χ2n) is 17.4. The van der Waals surface area contributed by atoms with Crippen molar-refractivity contribution in [2.24, 2.45) is 15.9 Å². The van der Waals surface area contributed by atoms with Crippen LogP contribution in [0, 0.1) is 28.6 Å². The number of rotatable bonds is 9. The number of nitriles is 2. The monoisotopic (exact) mass is 868 g/mol. The minimum Gasteiger partial charge on any atom is -0.257 e. The minimum atomic E-state index is -0.194. The van der Waals surface area contributed by atoms with Gasteiger partial charge in [-0.3, -0.25) is 4.99 Å². The van der Waals surface area contributed by atoms with Gasteiger partial charge in [-0.05, 0) is 138 Å². The predicted molar refractivity (Wildman–Crippen MR) is 281 cm³/mol. The molecule has 0 fully saturated rings. The first-order chi connectivity index (χ1) is 33.5. The molecule has 0 aliphatic carbocycles. The third-order valence-electron chi connectivity index (χ3n) is 13.4. The summed E-state index contributed by atoms with van der Waals surface area (Å²) < 4.78 is 0. The Labute approximate surface area is 397 Å². The number of fused-ring (bicyclic) bond motifs is 3. The lowest BCUT2D eigenvalue weighted by Crippen LogP contribution is -2.28. The Balaban J connectivity index is 0.950. The summed E-state index contributed by atoms with van der Waals surface area (Å²) >= 11 is 0. The van der Waals surface area contributed by atoms with Crippen molar-refractivity contribution in [3.8, 4) is 67.8 Å². The summed E-state index contributed by atoms with van der Waals surface area (Å²) in [5.41, 5.74) is 15.9. The SMILES string of the molecule is CCC1C(c2ccccc2)=NC(c2cccc(-c3cccc(-c4ccc(C#N)c(-c5cccc(-c6ccc7ccc8ccccc8c7c6)c5)c4)c3)c2)=NC1c1ccccc1-c1ccc(C#N)cc1. The van der Waals surface area contributed by atoms with Crippen molar-refractivity contribution < 1.29 is 0 Å². The van der Waals surface area contributed by atoms with Crippen LogP contribution in [0.1, 0.15) is 47.2 Å². The molecule has 0 spiro atoms. The highest BCUT2D eigenvalue weighted by Gasteiger charge is 2.33. The standard InChI is InChI=1S/C64H44N4/c1-2-56-62(46-14-4-3-5-15-46)67-64(68-63(56)59-24-9-8-22-57(59)44-27-25-42(40-65)26-28-44)54-21-12-19-50(37-54)47-16-10-17-48(35-47)51-33-34-55(41-66)60(38-51)53-20-11-18-49(36-53)52-32-31-45-30-29-43-13-6-7-23-58(43)61(45)39-52/h3-39,56,63H,2H2,1H3. The van der Waals surface area contributed by atoms with E-state index in [0.29, 0.717) is 17.0 Å². The molecule has 68 heavy (non-hydrogen) atoms. The van der Waals surface area contributed by atoms with E-state index in [0.717, 1.165) is 84.5 Å². The number of amidine groups is 1. The van der Waals surface area contributed by atoms with E-state index in [1.807, 2.05) is 42.5 Å². The quantitative estimate of drug-likeness (QED) is 0.136. The molecule has 0 aromatic heterocycles. The van der Waals surface area contributed by atoms with E-state index in [1.165, 1.54) is 21.5 Å². The summed E-state index contributed by atoms with van der Waals surface area (Å²) in [7, 11) is 0. The molecule has 320 valence electrons. The molecular formula is C64H44N4. The molecule has 1 aliphatic heterocycles.